The number of ether oxygens (including phenoxy) is 2. The molecule has 1 N–H and O–H groups in total. The van der Waals surface area contributed by atoms with Crippen LogP contribution < -0.4 is 9.47 Å². The maximum atomic E-state index is 12.8. The van der Waals surface area contributed by atoms with Crippen LogP contribution in [0.4, 0.5) is 0 Å². The number of carboxylic acids is 1. The molecule has 8 heteroatoms. The van der Waals surface area contributed by atoms with Gasteiger partial charge in [0.2, 0.25) is 0 Å². The van der Waals surface area contributed by atoms with E-state index in [1.54, 1.807) is 42.6 Å². The number of halogens is 2. The number of hydrogen-bond acceptors (Lipinski definition) is 5. The maximum Gasteiger partial charge on any atom is 0.311 e. The molecule has 37 heavy (non-hydrogen) atoms. The lowest BCUT2D eigenvalue weighted by Gasteiger charge is -2.24. The van der Waals surface area contributed by atoms with E-state index in [9.17, 15) is 14.7 Å². The second-order valence-electron chi connectivity index (χ2n) is 8.63. The molecule has 3 aromatic carbocycles. The van der Waals surface area contributed by atoms with Gasteiger partial charge in [-0.05, 0) is 60.5 Å². The number of nitrogens with zero attached hydrogens (tertiary/aromatic N) is 1. The summed E-state index contributed by atoms with van der Waals surface area (Å²) in [5, 5.41) is 10.4. The Morgan fingerprint density at radius 3 is 2.43 bits per heavy atom. The molecule has 1 aliphatic heterocycles. The van der Waals surface area contributed by atoms with Crippen molar-refractivity contribution < 1.29 is 24.2 Å². The second-order valence-corrected chi connectivity index (χ2v) is 9.48. The summed E-state index contributed by atoms with van der Waals surface area (Å²) in [6.07, 6.45) is 2.30. The number of hydrogen-bond donors (Lipinski definition) is 1. The van der Waals surface area contributed by atoms with Gasteiger partial charge < -0.3 is 14.6 Å². The lowest BCUT2D eigenvalue weighted by molar-refractivity contribution is -0.139. The molecule has 0 fully saturated rings. The zero-order valence-electron chi connectivity index (χ0n) is 19.5. The molecule has 0 amide bonds. The standard InChI is InChI=1S/C29H21Cl2NO5/c30-20-6-2-18(3-7-20)25-10-1-17(16-32-25)13-26(33)19-4-8-21(9-5-19)37-28-15-27-23(14-24(28)31)22(29(34)35)11-12-36-27/h1-10,14-16,22H,11-13H2,(H,34,35). The number of aliphatic carboxylic acids is 1. The van der Waals surface area contributed by atoms with Crippen LogP contribution in [-0.4, -0.2) is 28.4 Å². The molecule has 0 radical (unpaired) electrons. The first kappa shape index (κ1) is 24.8. The van der Waals surface area contributed by atoms with Crippen molar-refractivity contribution in [2.24, 2.45) is 0 Å². The second kappa shape index (κ2) is 10.6. The first-order chi connectivity index (χ1) is 17.9. The molecule has 0 saturated carbocycles. The summed E-state index contributed by atoms with van der Waals surface area (Å²) in [4.78, 5) is 28.8. The zero-order valence-corrected chi connectivity index (χ0v) is 21.0. The Morgan fingerprint density at radius 2 is 1.76 bits per heavy atom. The third-order valence-electron chi connectivity index (χ3n) is 6.14. The third kappa shape index (κ3) is 5.61. The molecule has 1 atom stereocenters. The molecule has 4 aromatic rings. The number of pyridine rings is 1. The molecule has 1 aromatic heterocycles. The average molecular weight is 534 g/mol. The van der Waals surface area contributed by atoms with Gasteiger partial charge in [0.05, 0.1) is 23.2 Å². The van der Waals surface area contributed by atoms with Crippen molar-refractivity contribution in [3.8, 4) is 28.5 Å². The Hall–Kier alpha value is -3.87. The predicted octanol–water partition coefficient (Wildman–Crippen LogP) is 7.22. The lowest BCUT2D eigenvalue weighted by atomic mass is 9.93. The number of rotatable bonds is 7. The summed E-state index contributed by atoms with van der Waals surface area (Å²) in [5.41, 5.74) is 3.64. The molecule has 0 spiro atoms. The largest absolute Gasteiger partial charge is 0.493 e. The van der Waals surface area contributed by atoms with Crippen LogP contribution in [0.3, 0.4) is 0 Å². The van der Waals surface area contributed by atoms with Crippen molar-refractivity contribution in [1.29, 1.82) is 0 Å². The zero-order chi connectivity index (χ0) is 25.9. The maximum absolute atomic E-state index is 12.8. The topological polar surface area (TPSA) is 85.7 Å². The smallest absolute Gasteiger partial charge is 0.311 e. The fraction of sp³-hybridized carbons (Fsp3) is 0.138. The highest BCUT2D eigenvalue weighted by Gasteiger charge is 2.29. The molecule has 2 heterocycles. The number of carboxylic acid groups (broad SMARTS) is 1. The molecular weight excluding hydrogens is 513 g/mol. The van der Waals surface area contributed by atoms with Crippen molar-refractivity contribution in [3.63, 3.8) is 0 Å². The molecule has 1 unspecified atom stereocenters. The molecule has 0 aliphatic carbocycles. The van der Waals surface area contributed by atoms with Crippen molar-refractivity contribution in [2.75, 3.05) is 6.61 Å². The van der Waals surface area contributed by atoms with Crippen LogP contribution in [0.15, 0.2) is 79.0 Å². The first-order valence-corrected chi connectivity index (χ1v) is 12.3. The van der Waals surface area contributed by atoms with E-state index in [1.165, 1.54) is 0 Å². The minimum Gasteiger partial charge on any atom is -0.493 e. The van der Waals surface area contributed by atoms with Gasteiger partial charge in [0.15, 0.2) is 5.78 Å². The van der Waals surface area contributed by atoms with Crippen molar-refractivity contribution in [2.45, 2.75) is 18.8 Å². The molecule has 0 bridgehead atoms. The van der Waals surface area contributed by atoms with Gasteiger partial charge in [0, 0.05) is 40.4 Å². The lowest BCUT2D eigenvalue weighted by Crippen LogP contribution is -2.20. The van der Waals surface area contributed by atoms with Gasteiger partial charge in [0.1, 0.15) is 17.2 Å². The quantitative estimate of drug-likeness (QED) is 0.252. The predicted molar refractivity (Wildman–Crippen MR) is 141 cm³/mol. The molecular formula is C29H21Cl2NO5. The van der Waals surface area contributed by atoms with Gasteiger partial charge in [-0.1, -0.05) is 41.4 Å². The Morgan fingerprint density at radius 1 is 1.00 bits per heavy atom. The molecule has 6 nitrogen and oxygen atoms in total. The number of benzene rings is 3. The summed E-state index contributed by atoms with van der Waals surface area (Å²) < 4.78 is 11.5. The Labute approximate surface area is 223 Å². The highest BCUT2D eigenvalue weighted by molar-refractivity contribution is 6.32. The van der Waals surface area contributed by atoms with E-state index >= 15 is 0 Å². The minimum atomic E-state index is -0.914. The number of carbonyl (C=O) groups is 2. The number of aromatic nitrogens is 1. The average Bonchev–Trinajstić information content (AvgIpc) is 2.90. The number of fused-ring (bicyclic) bond motifs is 1. The summed E-state index contributed by atoms with van der Waals surface area (Å²) >= 11 is 12.3. The van der Waals surface area contributed by atoms with Crippen LogP contribution in [-0.2, 0) is 11.2 Å². The number of Topliss-reactive ketones (excluding diaryl/α,β-unsaturated/α-hetero) is 1. The Bertz CT molecular complexity index is 1450. The van der Waals surface area contributed by atoms with Crippen molar-refractivity contribution in [3.05, 3.63) is 106 Å². The van der Waals surface area contributed by atoms with Gasteiger partial charge >= 0.3 is 5.97 Å². The summed E-state index contributed by atoms with van der Waals surface area (Å²) in [6, 6.07) is 21.1. The highest BCUT2D eigenvalue weighted by Crippen LogP contribution is 2.41. The van der Waals surface area contributed by atoms with Gasteiger partial charge in [-0.25, -0.2) is 0 Å². The fourth-order valence-electron chi connectivity index (χ4n) is 4.17. The monoisotopic (exact) mass is 533 g/mol. The third-order valence-corrected chi connectivity index (χ3v) is 6.68. The summed E-state index contributed by atoms with van der Waals surface area (Å²) in [6.45, 7) is 0.307. The van der Waals surface area contributed by atoms with E-state index in [4.69, 9.17) is 32.7 Å². The van der Waals surface area contributed by atoms with Gasteiger partial charge in [0.25, 0.3) is 0 Å². The van der Waals surface area contributed by atoms with Crippen molar-refractivity contribution >= 4 is 35.0 Å². The van der Waals surface area contributed by atoms with Crippen LogP contribution in [0, 0.1) is 0 Å². The van der Waals surface area contributed by atoms with E-state index < -0.39 is 11.9 Å². The van der Waals surface area contributed by atoms with E-state index in [0.29, 0.717) is 46.4 Å². The first-order valence-electron chi connectivity index (χ1n) is 11.6. The Balaban J connectivity index is 1.25. The van der Waals surface area contributed by atoms with Crippen molar-refractivity contribution in [1.82, 2.24) is 4.98 Å². The molecule has 1 aliphatic rings. The van der Waals surface area contributed by atoms with Crippen LogP contribution in [0.25, 0.3) is 11.3 Å². The SMILES string of the molecule is O=C(Cc1ccc(-c2ccc(Cl)cc2)nc1)c1ccc(Oc2cc3c(cc2Cl)C(C(=O)O)CCO3)cc1. The summed E-state index contributed by atoms with van der Waals surface area (Å²) in [7, 11) is 0. The Kier molecular flexibility index (Phi) is 7.12. The highest BCUT2D eigenvalue weighted by atomic mass is 35.5. The van der Waals surface area contributed by atoms with E-state index in [2.05, 4.69) is 4.98 Å². The van der Waals surface area contributed by atoms with Crippen LogP contribution in [0.1, 0.15) is 33.8 Å². The van der Waals surface area contributed by atoms with E-state index in [-0.39, 0.29) is 17.2 Å². The van der Waals surface area contributed by atoms with E-state index in [1.807, 2.05) is 36.4 Å². The summed E-state index contributed by atoms with van der Waals surface area (Å²) in [5.74, 6) is -0.351. The van der Waals surface area contributed by atoms with Crippen LogP contribution in [0.2, 0.25) is 10.0 Å². The molecule has 5 rings (SSSR count). The molecule has 0 saturated heterocycles. The number of ketones is 1. The van der Waals surface area contributed by atoms with Gasteiger partial charge in [-0.2, -0.15) is 0 Å². The fourth-order valence-corrected chi connectivity index (χ4v) is 4.50. The minimum absolute atomic E-state index is 0.0486. The van der Waals surface area contributed by atoms with Gasteiger partial charge in [-0.15, -0.1) is 0 Å². The normalized spacial score (nSPS) is 14.4. The van der Waals surface area contributed by atoms with Gasteiger partial charge in [-0.3, -0.25) is 14.6 Å². The van der Waals surface area contributed by atoms with Crippen LogP contribution in [0.5, 0.6) is 17.2 Å². The molecule has 186 valence electrons. The van der Waals surface area contributed by atoms with E-state index in [0.717, 1.165) is 16.8 Å². The number of carbonyl (C=O) groups excluding carboxylic acids is 1. The van der Waals surface area contributed by atoms with Crippen LogP contribution >= 0.6 is 23.2 Å².